The molecule has 2 nitrogen and oxygen atoms in total. The molecule has 0 atom stereocenters. The van der Waals surface area contributed by atoms with Crippen LogP contribution < -0.4 is 5.32 Å². The molecule has 98 valence electrons. The zero-order chi connectivity index (χ0) is 14.0. The Labute approximate surface area is 125 Å². The van der Waals surface area contributed by atoms with Gasteiger partial charge in [-0.2, -0.15) is 0 Å². The van der Waals surface area contributed by atoms with Gasteiger partial charge in [-0.1, -0.05) is 22.0 Å². The molecule has 0 unspecified atom stereocenters. The maximum atomic E-state index is 13.7. The van der Waals surface area contributed by atoms with E-state index in [1.165, 1.54) is 30.3 Å². The molecule has 0 fully saturated rings. The molecule has 0 spiro atoms. The number of halogens is 4. The van der Waals surface area contributed by atoms with Crippen molar-refractivity contribution in [1.82, 2.24) is 0 Å². The smallest absolute Gasteiger partial charge is 0.258 e. The molecule has 0 saturated heterocycles. The predicted octanol–water partition coefficient (Wildman–Crippen LogP) is 4.74. The standard InChI is InChI=1S/C13H7Br2F2NO/c14-7-4-5-11(10(16)6-7)18-13(19)8-2-1-3-9(15)12(8)17/h1-6H,(H,18,19). The first-order valence-electron chi connectivity index (χ1n) is 5.19. The van der Waals surface area contributed by atoms with E-state index in [4.69, 9.17) is 0 Å². The van der Waals surface area contributed by atoms with Crippen molar-refractivity contribution in [1.29, 1.82) is 0 Å². The monoisotopic (exact) mass is 389 g/mol. The Morgan fingerprint density at radius 2 is 1.84 bits per heavy atom. The zero-order valence-corrected chi connectivity index (χ0v) is 12.6. The average Bonchev–Trinajstić information content (AvgIpc) is 2.36. The second-order valence-corrected chi connectivity index (χ2v) is 5.45. The van der Waals surface area contributed by atoms with E-state index in [0.29, 0.717) is 4.47 Å². The highest BCUT2D eigenvalue weighted by Crippen LogP contribution is 2.22. The highest BCUT2D eigenvalue weighted by molar-refractivity contribution is 9.10. The molecular weight excluding hydrogens is 384 g/mol. The Hall–Kier alpha value is -1.27. The van der Waals surface area contributed by atoms with E-state index in [1.807, 2.05) is 0 Å². The van der Waals surface area contributed by atoms with E-state index in [0.717, 1.165) is 0 Å². The molecule has 1 N–H and O–H groups in total. The van der Waals surface area contributed by atoms with Gasteiger partial charge in [0.05, 0.1) is 15.7 Å². The summed E-state index contributed by atoms with van der Waals surface area (Å²) < 4.78 is 28.0. The fourth-order valence-corrected chi connectivity index (χ4v) is 2.16. The van der Waals surface area contributed by atoms with Crippen LogP contribution in [0.25, 0.3) is 0 Å². The molecule has 0 radical (unpaired) electrons. The molecule has 0 aliphatic rings. The van der Waals surface area contributed by atoms with Gasteiger partial charge in [-0.15, -0.1) is 0 Å². The SMILES string of the molecule is O=C(Nc1ccc(Br)cc1F)c1cccc(Br)c1F. The predicted molar refractivity (Wildman–Crippen MR) is 76.2 cm³/mol. The quantitative estimate of drug-likeness (QED) is 0.788. The number of amides is 1. The van der Waals surface area contributed by atoms with Gasteiger partial charge in [-0.3, -0.25) is 4.79 Å². The second-order valence-electron chi connectivity index (χ2n) is 3.68. The number of carbonyl (C=O) groups is 1. The second kappa shape index (κ2) is 5.79. The van der Waals surface area contributed by atoms with Gasteiger partial charge in [0.1, 0.15) is 11.6 Å². The minimum atomic E-state index is -0.708. The summed E-state index contributed by atoms with van der Waals surface area (Å²) in [6.07, 6.45) is 0. The molecule has 2 aromatic carbocycles. The van der Waals surface area contributed by atoms with Crippen molar-refractivity contribution in [2.24, 2.45) is 0 Å². The van der Waals surface area contributed by atoms with Crippen molar-refractivity contribution < 1.29 is 13.6 Å². The van der Waals surface area contributed by atoms with Crippen LogP contribution in [0.3, 0.4) is 0 Å². The summed E-state index contributed by atoms with van der Waals surface area (Å²) in [5.41, 5.74) is -0.163. The van der Waals surface area contributed by atoms with Gasteiger partial charge in [0.2, 0.25) is 0 Å². The molecule has 19 heavy (non-hydrogen) atoms. The number of hydrogen-bond donors (Lipinski definition) is 1. The van der Waals surface area contributed by atoms with Crippen LogP contribution in [0.4, 0.5) is 14.5 Å². The first-order valence-corrected chi connectivity index (χ1v) is 6.78. The third-order valence-corrected chi connectivity index (χ3v) is 3.48. The fraction of sp³-hybridized carbons (Fsp3) is 0. The molecule has 6 heteroatoms. The highest BCUT2D eigenvalue weighted by Gasteiger charge is 2.15. The maximum Gasteiger partial charge on any atom is 0.258 e. The number of benzene rings is 2. The minimum absolute atomic E-state index is 0.00687. The maximum absolute atomic E-state index is 13.7. The zero-order valence-electron chi connectivity index (χ0n) is 9.38. The summed E-state index contributed by atoms with van der Waals surface area (Å²) in [4.78, 5) is 11.9. The molecule has 2 aromatic rings. The van der Waals surface area contributed by atoms with Gasteiger partial charge < -0.3 is 5.32 Å². The van der Waals surface area contributed by atoms with Crippen molar-refractivity contribution in [2.45, 2.75) is 0 Å². The van der Waals surface area contributed by atoms with E-state index < -0.39 is 17.5 Å². The van der Waals surface area contributed by atoms with Crippen LogP contribution in [-0.2, 0) is 0 Å². The molecule has 0 heterocycles. The molecule has 2 rings (SSSR count). The van der Waals surface area contributed by atoms with Crippen molar-refractivity contribution in [3.8, 4) is 0 Å². The van der Waals surface area contributed by atoms with Crippen LogP contribution in [0.2, 0.25) is 0 Å². The van der Waals surface area contributed by atoms with Crippen LogP contribution in [-0.4, -0.2) is 5.91 Å². The Balaban J connectivity index is 2.28. The molecular formula is C13H7Br2F2NO. The van der Waals surface area contributed by atoms with Gasteiger partial charge in [0, 0.05) is 4.47 Å². The van der Waals surface area contributed by atoms with Gasteiger partial charge in [0.25, 0.3) is 5.91 Å². The van der Waals surface area contributed by atoms with Gasteiger partial charge >= 0.3 is 0 Å². The lowest BCUT2D eigenvalue weighted by Gasteiger charge is -2.08. The average molecular weight is 391 g/mol. The summed E-state index contributed by atoms with van der Waals surface area (Å²) in [6.45, 7) is 0. The number of carbonyl (C=O) groups excluding carboxylic acids is 1. The molecule has 0 bridgehead atoms. The third-order valence-electron chi connectivity index (χ3n) is 2.38. The van der Waals surface area contributed by atoms with E-state index in [-0.39, 0.29) is 15.7 Å². The lowest BCUT2D eigenvalue weighted by Crippen LogP contribution is -2.14. The number of rotatable bonds is 2. The number of anilines is 1. The van der Waals surface area contributed by atoms with E-state index in [9.17, 15) is 13.6 Å². The summed E-state index contributed by atoms with van der Waals surface area (Å²) in [7, 11) is 0. The van der Waals surface area contributed by atoms with Gasteiger partial charge in [-0.25, -0.2) is 8.78 Å². The molecule has 1 amide bonds. The first-order chi connectivity index (χ1) is 8.99. The number of hydrogen-bond acceptors (Lipinski definition) is 1. The van der Waals surface area contributed by atoms with Crippen molar-refractivity contribution in [3.05, 3.63) is 62.5 Å². The molecule has 0 aromatic heterocycles. The van der Waals surface area contributed by atoms with Crippen LogP contribution in [0.1, 0.15) is 10.4 Å². The lowest BCUT2D eigenvalue weighted by atomic mass is 10.2. The van der Waals surface area contributed by atoms with Gasteiger partial charge in [-0.05, 0) is 46.3 Å². The van der Waals surface area contributed by atoms with Gasteiger partial charge in [0.15, 0.2) is 0 Å². The molecule has 0 aliphatic heterocycles. The van der Waals surface area contributed by atoms with Crippen LogP contribution in [0.15, 0.2) is 45.3 Å². The van der Waals surface area contributed by atoms with Crippen LogP contribution in [0.5, 0.6) is 0 Å². The fourth-order valence-electron chi connectivity index (χ4n) is 1.46. The Kier molecular flexibility index (Phi) is 4.31. The largest absolute Gasteiger partial charge is 0.319 e. The Morgan fingerprint density at radius 3 is 2.53 bits per heavy atom. The minimum Gasteiger partial charge on any atom is -0.319 e. The summed E-state index contributed by atoms with van der Waals surface area (Å²) in [5.74, 6) is -1.99. The van der Waals surface area contributed by atoms with E-state index in [2.05, 4.69) is 37.2 Å². The van der Waals surface area contributed by atoms with Crippen LogP contribution in [0, 0.1) is 11.6 Å². The summed E-state index contributed by atoms with van der Waals surface area (Å²) in [6, 6.07) is 8.52. The number of nitrogens with one attached hydrogen (secondary N) is 1. The Bertz CT molecular complexity index is 647. The summed E-state index contributed by atoms with van der Waals surface area (Å²) >= 11 is 6.10. The van der Waals surface area contributed by atoms with Crippen molar-refractivity contribution in [3.63, 3.8) is 0 Å². The topological polar surface area (TPSA) is 29.1 Å². The van der Waals surface area contributed by atoms with Crippen molar-refractivity contribution >= 4 is 43.5 Å². The first kappa shape index (κ1) is 14.1. The normalized spacial score (nSPS) is 10.3. The van der Waals surface area contributed by atoms with Crippen LogP contribution >= 0.6 is 31.9 Å². The third kappa shape index (κ3) is 3.19. The molecule has 0 aliphatic carbocycles. The lowest BCUT2D eigenvalue weighted by molar-refractivity contribution is 0.102. The summed E-state index contributed by atoms with van der Waals surface area (Å²) in [5, 5.41) is 2.33. The molecule has 0 saturated carbocycles. The highest BCUT2D eigenvalue weighted by atomic mass is 79.9. The van der Waals surface area contributed by atoms with E-state index >= 15 is 0 Å². The Morgan fingerprint density at radius 1 is 1.11 bits per heavy atom. The van der Waals surface area contributed by atoms with Crippen molar-refractivity contribution in [2.75, 3.05) is 5.32 Å². The van der Waals surface area contributed by atoms with E-state index in [1.54, 1.807) is 6.07 Å².